The molecule has 0 amide bonds. The molecule has 0 saturated carbocycles. The second kappa shape index (κ2) is 8.32. The molecule has 0 aromatic heterocycles. The summed E-state index contributed by atoms with van der Waals surface area (Å²) in [6, 6.07) is 21.1. The Hall–Kier alpha value is -3.40. The summed E-state index contributed by atoms with van der Waals surface area (Å²) >= 11 is 0. The molecule has 0 aliphatic rings. The number of methoxy groups -OCH3 is 3. The summed E-state index contributed by atoms with van der Waals surface area (Å²) < 4.78 is 16.0. The number of hydrogen-bond donors (Lipinski definition) is 1. The van der Waals surface area contributed by atoms with E-state index in [-0.39, 0.29) is 5.75 Å². The highest BCUT2D eigenvalue weighted by Crippen LogP contribution is 2.36. The number of phenolic OH excluding ortho intramolecular Hbond substituents is 1. The van der Waals surface area contributed by atoms with Gasteiger partial charge >= 0.3 is 0 Å². The molecular formula is C23H22O4. The minimum Gasteiger partial charge on any atom is -0.504 e. The maximum absolute atomic E-state index is 10.3. The third-order valence-electron chi connectivity index (χ3n) is 4.26. The molecule has 3 aromatic carbocycles. The van der Waals surface area contributed by atoms with Crippen molar-refractivity contribution in [2.75, 3.05) is 21.3 Å². The van der Waals surface area contributed by atoms with Crippen LogP contribution in [-0.4, -0.2) is 26.4 Å². The highest BCUT2D eigenvalue weighted by molar-refractivity contribution is 5.92. The van der Waals surface area contributed by atoms with E-state index in [4.69, 9.17) is 14.2 Å². The van der Waals surface area contributed by atoms with E-state index in [0.717, 1.165) is 22.3 Å². The largest absolute Gasteiger partial charge is 0.504 e. The van der Waals surface area contributed by atoms with Crippen LogP contribution in [0.15, 0.2) is 66.7 Å². The molecule has 4 heteroatoms. The number of rotatable bonds is 6. The number of phenols is 1. The summed E-state index contributed by atoms with van der Waals surface area (Å²) in [5.74, 6) is 1.91. The fourth-order valence-corrected chi connectivity index (χ4v) is 2.87. The minimum absolute atomic E-state index is 0.0869. The zero-order valence-corrected chi connectivity index (χ0v) is 15.6. The van der Waals surface area contributed by atoms with Crippen LogP contribution in [0.1, 0.15) is 16.7 Å². The first kappa shape index (κ1) is 18.4. The zero-order valence-electron chi connectivity index (χ0n) is 15.6. The lowest BCUT2D eigenvalue weighted by Gasteiger charge is -2.14. The molecule has 1 N–H and O–H groups in total. The Morgan fingerprint density at radius 3 is 1.96 bits per heavy atom. The number of benzene rings is 3. The van der Waals surface area contributed by atoms with E-state index in [0.29, 0.717) is 17.2 Å². The van der Waals surface area contributed by atoms with Gasteiger partial charge in [0.25, 0.3) is 0 Å². The molecule has 0 aliphatic carbocycles. The van der Waals surface area contributed by atoms with E-state index in [1.54, 1.807) is 26.4 Å². The molecule has 0 heterocycles. The minimum atomic E-state index is 0.0869. The Bertz CT molecular complexity index is 924. The van der Waals surface area contributed by atoms with E-state index >= 15 is 0 Å². The summed E-state index contributed by atoms with van der Waals surface area (Å²) in [6.07, 6.45) is 2.06. The van der Waals surface area contributed by atoms with Crippen LogP contribution in [0.2, 0.25) is 0 Å². The van der Waals surface area contributed by atoms with E-state index in [2.05, 4.69) is 6.08 Å². The van der Waals surface area contributed by atoms with E-state index in [9.17, 15) is 5.11 Å². The molecule has 0 aliphatic heterocycles. The Balaban J connectivity index is 2.20. The number of ether oxygens (including phenoxy) is 3. The van der Waals surface area contributed by atoms with Gasteiger partial charge in [0.1, 0.15) is 11.5 Å². The average molecular weight is 362 g/mol. The molecule has 0 fully saturated rings. The van der Waals surface area contributed by atoms with Crippen molar-refractivity contribution >= 4 is 11.6 Å². The van der Waals surface area contributed by atoms with Crippen molar-refractivity contribution in [2.45, 2.75) is 0 Å². The lowest BCUT2D eigenvalue weighted by Crippen LogP contribution is -1.94. The van der Waals surface area contributed by atoms with Crippen molar-refractivity contribution in [3.8, 4) is 23.0 Å². The predicted octanol–water partition coefficient (Wildman–Crippen LogP) is 5.01. The third kappa shape index (κ3) is 4.23. The van der Waals surface area contributed by atoms with Crippen molar-refractivity contribution in [2.24, 2.45) is 0 Å². The monoisotopic (exact) mass is 362 g/mol. The van der Waals surface area contributed by atoms with Gasteiger partial charge in [0.15, 0.2) is 11.5 Å². The van der Waals surface area contributed by atoms with Gasteiger partial charge in [-0.1, -0.05) is 36.4 Å². The molecule has 0 atom stereocenters. The summed E-state index contributed by atoms with van der Waals surface area (Å²) in [5, 5.41) is 10.3. The highest BCUT2D eigenvalue weighted by Gasteiger charge is 2.12. The Morgan fingerprint density at radius 1 is 0.741 bits per heavy atom. The van der Waals surface area contributed by atoms with Crippen LogP contribution < -0.4 is 14.2 Å². The van der Waals surface area contributed by atoms with Crippen molar-refractivity contribution in [1.29, 1.82) is 0 Å². The van der Waals surface area contributed by atoms with Gasteiger partial charge in [-0.25, -0.2) is 0 Å². The molecule has 3 aromatic rings. The summed E-state index contributed by atoms with van der Waals surface area (Å²) in [4.78, 5) is 0. The standard InChI is InChI=1S/C23H22O4/c1-25-19-12-18(13-20(15-19)26-2)21(11-16-7-5-4-6-8-16)17-9-10-23(27-3)22(24)14-17/h4-15,24H,1-3H3. The Morgan fingerprint density at radius 2 is 1.41 bits per heavy atom. The molecular weight excluding hydrogens is 340 g/mol. The van der Waals surface area contributed by atoms with Gasteiger partial charge in [0, 0.05) is 6.07 Å². The van der Waals surface area contributed by atoms with Gasteiger partial charge in [-0.2, -0.15) is 0 Å². The van der Waals surface area contributed by atoms with Gasteiger partial charge in [0.2, 0.25) is 0 Å². The van der Waals surface area contributed by atoms with Crippen LogP contribution in [0.25, 0.3) is 11.6 Å². The molecule has 0 saturated heterocycles. The first-order chi connectivity index (χ1) is 13.1. The third-order valence-corrected chi connectivity index (χ3v) is 4.26. The van der Waals surface area contributed by atoms with E-state index < -0.39 is 0 Å². The Labute approximate surface area is 159 Å². The van der Waals surface area contributed by atoms with Crippen LogP contribution in [0.4, 0.5) is 0 Å². The smallest absolute Gasteiger partial charge is 0.160 e. The van der Waals surface area contributed by atoms with E-state index in [1.807, 2.05) is 54.6 Å². The van der Waals surface area contributed by atoms with Crippen molar-refractivity contribution in [3.05, 3.63) is 83.4 Å². The van der Waals surface area contributed by atoms with Gasteiger partial charge in [-0.05, 0) is 52.6 Å². The first-order valence-electron chi connectivity index (χ1n) is 8.52. The van der Waals surface area contributed by atoms with Crippen LogP contribution in [0.5, 0.6) is 23.0 Å². The normalized spacial score (nSPS) is 11.1. The zero-order chi connectivity index (χ0) is 19.2. The SMILES string of the molecule is COc1cc(OC)cc(C(=Cc2ccccc2)c2ccc(OC)c(O)c2)c1. The summed E-state index contributed by atoms with van der Waals surface area (Å²) in [5.41, 5.74) is 3.74. The molecule has 27 heavy (non-hydrogen) atoms. The summed E-state index contributed by atoms with van der Waals surface area (Å²) in [7, 11) is 4.78. The van der Waals surface area contributed by atoms with Gasteiger partial charge in [0.05, 0.1) is 21.3 Å². The number of hydrogen-bond acceptors (Lipinski definition) is 4. The molecule has 138 valence electrons. The van der Waals surface area contributed by atoms with E-state index in [1.165, 1.54) is 7.11 Å². The fraction of sp³-hybridized carbons (Fsp3) is 0.130. The van der Waals surface area contributed by atoms with Crippen LogP contribution in [0, 0.1) is 0 Å². The molecule has 0 spiro atoms. The average Bonchev–Trinajstić information content (AvgIpc) is 2.72. The maximum atomic E-state index is 10.3. The van der Waals surface area contributed by atoms with Gasteiger partial charge < -0.3 is 19.3 Å². The highest BCUT2D eigenvalue weighted by atomic mass is 16.5. The summed E-state index contributed by atoms with van der Waals surface area (Å²) in [6.45, 7) is 0. The molecule has 0 unspecified atom stereocenters. The quantitative estimate of drug-likeness (QED) is 0.627. The van der Waals surface area contributed by atoms with Gasteiger partial charge in [-0.3, -0.25) is 0 Å². The van der Waals surface area contributed by atoms with Crippen molar-refractivity contribution in [1.82, 2.24) is 0 Å². The maximum Gasteiger partial charge on any atom is 0.160 e. The molecule has 0 radical (unpaired) electrons. The van der Waals surface area contributed by atoms with Crippen LogP contribution in [-0.2, 0) is 0 Å². The fourth-order valence-electron chi connectivity index (χ4n) is 2.87. The van der Waals surface area contributed by atoms with Crippen molar-refractivity contribution < 1.29 is 19.3 Å². The first-order valence-corrected chi connectivity index (χ1v) is 8.52. The lowest BCUT2D eigenvalue weighted by molar-refractivity contribution is 0.373. The molecule has 3 rings (SSSR count). The molecule has 4 nitrogen and oxygen atoms in total. The second-order valence-electron chi connectivity index (χ2n) is 5.96. The Kier molecular flexibility index (Phi) is 5.67. The van der Waals surface area contributed by atoms with Crippen LogP contribution in [0.3, 0.4) is 0 Å². The van der Waals surface area contributed by atoms with Crippen LogP contribution >= 0.6 is 0 Å². The predicted molar refractivity (Wildman–Crippen MR) is 108 cm³/mol. The second-order valence-corrected chi connectivity index (χ2v) is 5.96. The number of aromatic hydroxyl groups is 1. The van der Waals surface area contributed by atoms with Crippen molar-refractivity contribution in [3.63, 3.8) is 0 Å². The topological polar surface area (TPSA) is 47.9 Å². The molecule has 0 bridgehead atoms. The lowest BCUT2D eigenvalue weighted by atomic mass is 9.95. The van der Waals surface area contributed by atoms with Gasteiger partial charge in [-0.15, -0.1) is 0 Å².